The van der Waals surface area contributed by atoms with Gasteiger partial charge < -0.3 is 10.1 Å². The Hall–Kier alpha value is -0.750. The molecule has 0 fully saturated rings. The van der Waals surface area contributed by atoms with E-state index in [0.717, 1.165) is 6.42 Å². The molecule has 0 aliphatic carbocycles. The molecule has 0 aromatic carbocycles. The van der Waals surface area contributed by atoms with Crippen LogP contribution < -0.4 is 0 Å². The third kappa shape index (κ3) is 2.60. The van der Waals surface area contributed by atoms with Gasteiger partial charge in [0.25, 0.3) is 0 Å². The van der Waals surface area contributed by atoms with Crippen LogP contribution >= 0.6 is 24.2 Å². The molecule has 72 valence electrons. The lowest BCUT2D eigenvalue weighted by molar-refractivity contribution is -0.389. The minimum absolute atomic E-state index is 0.0733. The number of nitro groups is 1. The van der Waals surface area contributed by atoms with Crippen LogP contribution in [0.1, 0.15) is 6.42 Å². The van der Waals surface area contributed by atoms with Crippen LogP contribution in [0, 0.1) is 10.1 Å². The molecule has 0 atom stereocenters. The quantitative estimate of drug-likeness (QED) is 0.479. The summed E-state index contributed by atoms with van der Waals surface area (Å²) in [5, 5.41) is 14.1. The molecule has 13 heavy (non-hydrogen) atoms. The highest BCUT2D eigenvalue weighted by Gasteiger charge is 2.18. The number of aryl methyl sites for hydroxylation is 1. The van der Waals surface area contributed by atoms with Gasteiger partial charge >= 0.3 is 5.82 Å². The minimum atomic E-state index is -0.598. The second kappa shape index (κ2) is 4.48. The largest absolute Gasteiger partial charge is 0.408 e. The molecule has 0 aliphatic heterocycles. The van der Waals surface area contributed by atoms with Crippen LogP contribution in [0.2, 0.25) is 5.02 Å². The minimum Gasteiger partial charge on any atom is -0.358 e. The van der Waals surface area contributed by atoms with Crippen molar-refractivity contribution >= 4 is 30.0 Å². The maximum absolute atomic E-state index is 10.3. The molecular weight excluding hydrogens is 214 g/mol. The highest BCUT2D eigenvalue weighted by atomic mass is 35.5. The lowest BCUT2D eigenvalue weighted by Gasteiger charge is -1.91. The van der Waals surface area contributed by atoms with E-state index in [-0.39, 0.29) is 10.8 Å². The van der Waals surface area contributed by atoms with Crippen LogP contribution in [0.15, 0.2) is 6.20 Å². The fraction of sp³-hybridized carbons (Fsp3) is 0.500. The Morgan fingerprint density at radius 1 is 1.77 bits per heavy atom. The van der Waals surface area contributed by atoms with Crippen molar-refractivity contribution in [3.05, 3.63) is 21.3 Å². The molecule has 0 radical (unpaired) electrons. The molecule has 1 rings (SSSR count). The number of halogens is 1. The van der Waals surface area contributed by atoms with E-state index < -0.39 is 4.92 Å². The first kappa shape index (κ1) is 10.3. The van der Waals surface area contributed by atoms with Gasteiger partial charge in [0, 0.05) is 0 Å². The topological polar surface area (TPSA) is 61.0 Å². The molecule has 0 saturated carbocycles. The van der Waals surface area contributed by atoms with E-state index in [1.54, 1.807) is 0 Å². The van der Waals surface area contributed by atoms with Crippen LogP contribution in [0.3, 0.4) is 0 Å². The number of aromatic nitrogens is 2. The first-order chi connectivity index (χ1) is 6.15. The molecule has 1 heterocycles. The monoisotopic (exact) mass is 221 g/mol. The van der Waals surface area contributed by atoms with Crippen LogP contribution in [0.5, 0.6) is 0 Å². The van der Waals surface area contributed by atoms with Gasteiger partial charge in [-0.1, -0.05) is 11.6 Å². The standard InChI is InChI=1S/C6H8ClN3O2S/c7-5-4-9(2-1-3-13)8-6(5)10(11)12/h4,13H,1-3H2. The third-order valence-corrected chi connectivity index (χ3v) is 2.00. The number of rotatable bonds is 4. The zero-order valence-electron chi connectivity index (χ0n) is 6.68. The predicted octanol–water partition coefficient (Wildman–Crippen LogP) is 1.76. The van der Waals surface area contributed by atoms with Crippen molar-refractivity contribution in [2.45, 2.75) is 13.0 Å². The average Bonchev–Trinajstić information content (AvgIpc) is 2.43. The van der Waals surface area contributed by atoms with Crippen molar-refractivity contribution in [3.8, 4) is 0 Å². The predicted molar refractivity (Wildman–Crippen MR) is 52.4 cm³/mol. The van der Waals surface area contributed by atoms with E-state index in [9.17, 15) is 10.1 Å². The summed E-state index contributed by atoms with van der Waals surface area (Å²) >= 11 is 9.59. The first-order valence-electron chi connectivity index (χ1n) is 3.63. The van der Waals surface area contributed by atoms with E-state index in [0.29, 0.717) is 12.3 Å². The highest BCUT2D eigenvalue weighted by molar-refractivity contribution is 7.80. The first-order valence-corrected chi connectivity index (χ1v) is 4.64. The normalized spacial score (nSPS) is 10.3. The van der Waals surface area contributed by atoms with Crippen molar-refractivity contribution in [1.29, 1.82) is 0 Å². The Morgan fingerprint density at radius 2 is 2.46 bits per heavy atom. The van der Waals surface area contributed by atoms with Gasteiger partial charge in [-0.05, 0) is 17.1 Å². The molecule has 5 nitrogen and oxygen atoms in total. The van der Waals surface area contributed by atoms with Crippen molar-refractivity contribution in [2.75, 3.05) is 5.75 Å². The van der Waals surface area contributed by atoms with Gasteiger partial charge in [-0.15, -0.1) is 0 Å². The van der Waals surface area contributed by atoms with Gasteiger partial charge in [0.05, 0.1) is 17.8 Å². The number of hydrogen-bond acceptors (Lipinski definition) is 4. The van der Waals surface area contributed by atoms with E-state index in [1.165, 1.54) is 10.9 Å². The van der Waals surface area contributed by atoms with E-state index in [2.05, 4.69) is 17.7 Å². The molecule has 1 aromatic heterocycles. The van der Waals surface area contributed by atoms with Crippen LogP contribution in [0.4, 0.5) is 5.82 Å². The van der Waals surface area contributed by atoms with Crippen LogP contribution in [-0.4, -0.2) is 20.5 Å². The maximum atomic E-state index is 10.3. The number of nitrogens with zero attached hydrogens (tertiary/aromatic N) is 3. The summed E-state index contributed by atoms with van der Waals surface area (Å²) in [5.74, 6) is 0.423. The third-order valence-electron chi connectivity index (χ3n) is 1.42. The van der Waals surface area contributed by atoms with Gasteiger partial charge in [0.15, 0.2) is 5.02 Å². The lowest BCUT2D eigenvalue weighted by atomic mass is 10.5. The zero-order chi connectivity index (χ0) is 9.84. The average molecular weight is 222 g/mol. The Morgan fingerprint density at radius 3 is 2.92 bits per heavy atom. The summed E-state index contributed by atoms with van der Waals surface area (Å²) < 4.78 is 1.46. The van der Waals surface area contributed by atoms with Gasteiger partial charge in [-0.3, -0.25) is 0 Å². The molecule has 7 heteroatoms. The van der Waals surface area contributed by atoms with E-state index in [4.69, 9.17) is 11.6 Å². The summed E-state index contributed by atoms with van der Waals surface area (Å²) in [5.41, 5.74) is 0. The van der Waals surface area contributed by atoms with Crippen molar-refractivity contribution < 1.29 is 4.92 Å². The second-order valence-electron chi connectivity index (χ2n) is 2.40. The lowest BCUT2D eigenvalue weighted by Crippen LogP contribution is -2.00. The van der Waals surface area contributed by atoms with Gasteiger partial charge in [-0.25, -0.2) is 0 Å². The Bertz CT molecular complexity index is 315. The fourth-order valence-electron chi connectivity index (χ4n) is 0.858. The van der Waals surface area contributed by atoms with E-state index >= 15 is 0 Å². The van der Waals surface area contributed by atoms with Crippen LogP contribution in [-0.2, 0) is 6.54 Å². The smallest absolute Gasteiger partial charge is 0.358 e. The second-order valence-corrected chi connectivity index (χ2v) is 3.25. The molecule has 0 unspecified atom stereocenters. The van der Waals surface area contributed by atoms with Crippen molar-refractivity contribution in [2.24, 2.45) is 0 Å². The Kier molecular flexibility index (Phi) is 3.56. The fourth-order valence-corrected chi connectivity index (χ4v) is 1.22. The molecule has 0 saturated heterocycles. The molecule has 0 aliphatic rings. The SMILES string of the molecule is O=[N+]([O-])c1nn(CCCS)cc1Cl. The van der Waals surface area contributed by atoms with Crippen molar-refractivity contribution in [3.63, 3.8) is 0 Å². The molecule has 0 bridgehead atoms. The highest BCUT2D eigenvalue weighted by Crippen LogP contribution is 2.21. The molecular formula is C6H8ClN3O2S. The van der Waals surface area contributed by atoms with Crippen LogP contribution in [0.25, 0.3) is 0 Å². The molecule has 0 amide bonds. The number of thiol groups is 1. The maximum Gasteiger partial charge on any atom is 0.408 e. The van der Waals surface area contributed by atoms with Crippen molar-refractivity contribution in [1.82, 2.24) is 9.78 Å². The molecule has 0 spiro atoms. The Balaban J connectivity index is 2.76. The number of hydrogen-bond donors (Lipinski definition) is 1. The van der Waals surface area contributed by atoms with Gasteiger partial charge in [0.1, 0.15) is 0 Å². The summed E-state index contributed by atoms with van der Waals surface area (Å²) in [4.78, 5) is 9.74. The van der Waals surface area contributed by atoms with E-state index in [1.807, 2.05) is 0 Å². The Labute approximate surface area is 85.2 Å². The summed E-state index contributed by atoms with van der Waals surface area (Å²) in [7, 11) is 0. The summed E-state index contributed by atoms with van der Waals surface area (Å²) in [6.07, 6.45) is 2.25. The van der Waals surface area contributed by atoms with Gasteiger partial charge in [0.2, 0.25) is 0 Å². The summed E-state index contributed by atoms with van der Waals surface area (Å²) in [6.45, 7) is 0.594. The van der Waals surface area contributed by atoms with Gasteiger partial charge in [-0.2, -0.15) is 17.3 Å². The molecule has 1 aromatic rings. The zero-order valence-corrected chi connectivity index (χ0v) is 8.33. The molecule has 0 N–H and O–H groups in total. The summed E-state index contributed by atoms with van der Waals surface area (Å²) in [6, 6.07) is 0.